The summed E-state index contributed by atoms with van der Waals surface area (Å²) in [6.07, 6.45) is 0. The lowest BCUT2D eigenvalue weighted by atomic mass is 9.96. The average Bonchev–Trinajstić information content (AvgIpc) is 2.39. The minimum Gasteiger partial charge on any atom is -0.508 e. The van der Waals surface area contributed by atoms with Crippen molar-refractivity contribution in [1.82, 2.24) is 0 Å². The Morgan fingerprint density at radius 3 is 2.44 bits per heavy atom. The van der Waals surface area contributed by atoms with Crippen LogP contribution in [0, 0.1) is 13.0 Å². The van der Waals surface area contributed by atoms with E-state index in [2.05, 4.69) is 31.2 Å². The van der Waals surface area contributed by atoms with E-state index in [1.165, 1.54) is 5.39 Å². The van der Waals surface area contributed by atoms with Gasteiger partial charge < -0.3 is 5.11 Å². The molecule has 1 radical (unpaired) electrons. The third-order valence-electron chi connectivity index (χ3n) is 3.17. The van der Waals surface area contributed by atoms with E-state index in [-0.39, 0.29) is 0 Å². The molecule has 1 heteroatoms. The molecule has 0 saturated heterocycles. The molecule has 0 amide bonds. The van der Waals surface area contributed by atoms with E-state index in [0.717, 1.165) is 22.1 Å². The summed E-state index contributed by atoms with van der Waals surface area (Å²) in [5.41, 5.74) is 3.39. The van der Waals surface area contributed by atoms with E-state index in [4.69, 9.17) is 0 Å². The van der Waals surface area contributed by atoms with Gasteiger partial charge in [0.15, 0.2) is 0 Å². The van der Waals surface area contributed by atoms with Crippen LogP contribution in [0.3, 0.4) is 0 Å². The van der Waals surface area contributed by atoms with Crippen LogP contribution in [0.15, 0.2) is 54.6 Å². The Bertz CT molecular complexity index is 696. The van der Waals surface area contributed by atoms with Gasteiger partial charge in [0.25, 0.3) is 0 Å². The van der Waals surface area contributed by atoms with Gasteiger partial charge in [-0.3, -0.25) is 0 Å². The quantitative estimate of drug-likeness (QED) is 0.663. The second-order valence-electron chi connectivity index (χ2n) is 4.44. The summed E-state index contributed by atoms with van der Waals surface area (Å²) in [6.45, 7) is 2.06. The summed E-state index contributed by atoms with van der Waals surface area (Å²) in [7, 11) is 0. The monoisotopic (exact) mass is 233 g/mol. The summed E-state index contributed by atoms with van der Waals surface area (Å²) in [6, 6.07) is 21.1. The van der Waals surface area contributed by atoms with Crippen molar-refractivity contribution in [2.45, 2.75) is 6.92 Å². The molecule has 1 nitrogen and oxygen atoms in total. The molecular weight excluding hydrogens is 220 g/mol. The lowest BCUT2D eigenvalue weighted by Gasteiger charge is -2.08. The molecule has 0 bridgehead atoms. The van der Waals surface area contributed by atoms with Crippen LogP contribution in [-0.2, 0) is 0 Å². The number of aryl methyl sites for hydroxylation is 1. The highest BCUT2D eigenvalue weighted by molar-refractivity contribution is 5.88. The minimum absolute atomic E-state index is 0.293. The third-order valence-corrected chi connectivity index (χ3v) is 3.17. The fraction of sp³-hybridized carbons (Fsp3) is 0.0588. The first-order valence-corrected chi connectivity index (χ1v) is 5.95. The molecule has 0 saturated carbocycles. The predicted molar refractivity (Wildman–Crippen MR) is 74.6 cm³/mol. The molecule has 0 heterocycles. The van der Waals surface area contributed by atoms with E-state index in [0.29, 0.717) is 5.75 Å². The molecule has 0 unspecified atom stereocenters. The third kappa shape index (κ3) is 1.84. The summed E-state index contributed by atoms with van der Waals surface area (Å²) in [5.74, 6) is 0.293. The number of rotatable bonds is 1. The van der Waals surface area contributed by atoms with Crippen molar-refractivity contribution in [2.75, 3.05) is 0 Å². The van der Waals surface area contributed by atoms with Crippen LogP contribution in [0.1, 0.15) is 5.56 Å². The van der Waals surface area contributed by atoms with Crippen LogP contribution in [0.5, 0.6) is 5.75 Å². The SMILES string of the molecule is Cc1[c]c2ccccc2cc1-c1ccc(O)cc1. The Morgan fingerprint density at radius 2 is 1.67 bits per heavy atom. The fourth-order valence-corrected chi connectivity index (χ4v) is 2.21. The first kappa shape index (κ1) is 10.8. The average molecular weight is 233 g/mol. The lowest BCUT2D eigenvalue weighted by Crippen LogP contribution is -1.85. The number of phenols is 1. The summed E-state index contributed by atoms with van der Waals surface area (Å²) < 4.78 is 0. The maximum atomic E-state index is 9.34. The van der Waals surface area contributed by atoms with Gasteiger partial charge in [0.05, 0.1) is 0 Å². The molecule has 0 aliphatic heterocycles. The second kappa shape index (κ2) is 4.19. The molecule has 0 aromatic heterocycles. The molecule has 3 aromatic rings. The van der Waals surface area contributed by atoms with Gasteiger partial charge in [0.2, 0.25) is 0 Å². The first-order valence-electron chi connectivity index (χ1n) is 5.95. The largest absolute Gasteiger partial charge is 0.508 e. The van der Waals surface area contributed by atoms with Crippen LogP contribution in [-0.4, -0.2) is 5.11 Å². The highest BCUT2D eigenvalue weighted by atomic mass is 16.3. The van der Waals surface area contributed by atoms with E-state index >= 15 is 0 Å². The van der Waals surface area contributed by atoms with E-state index in [1.807, 2.05) is 24.3 Å². The zero-order chi connectivity index (χ0) is 12.5. The van der Waals surface area contributed by atoms with Crippen molar-refractivity contribution in [3.63, 3.8) is 0 Å². The molecule has 1 N–H and O–H groups in total. The molecule has 3 aromatic carbocycles. The van der Waals surface area contributed by atoms with Crippen LogP contribution >= 0.6 is 0 Å². The normalized spacial score (nSPS) is 10.7. The molecule has 0 atom stereocenters. The zero-order valence-corrected chi connectivity index (χ0v) is 10.1. The van der Waals surface area contributed by atoms with Gasteiger partial charge in [-0.25, -0.2) is 0 Å². The van der Waals surface area contributed by atoms with Crippen LogP contribution in [0.4, 0.5) is 0 Å². The maximum Gasteiger partial charge on any atom is 0.115 e. The van der Waals surface area contributed by atoms with Crippen LogP contribution in [0.2, 0.25) is 0 Å². The second-order valence-corrected chi connectivity index (χ2v) is 4.44. The summed E-state index contributed by atoms with van der Waals surface area (Å²) in [4.78, 5) is 0. The first-order chi connectivity index (χ1) is 8.74. The van der Waals surface area contributed by atoms with Crippen molar-refractivity contribution < 1.29 is 5.11 Å². The Hall–Kier alpha value is -2.28. The molecular formula is C17H13O. The van der Waals surface area contributed by atoms with Crippen molar-refractivity contribution in [3.05, 3.63) is 66.2 Å². The van der Waals surface area contributed by atoms with Crippen molar-refractivity contribution in [3.8, 4) is 16.9 Å². The Morgan fingerprint density at radius 1 is 0.944 bits per heavy atom. The number of fused-ring (bicyclic) bond motifs is 1. The lowest BCUT2D eigenvalue weighted by molar-refractivity contribution is 0.475. The molecule has 18 heavy (non-hydrogen) atoms. The van der Waals surface area contributed by atoms with Crippen molar-refractivity contribution in [1.29, 1.82) is 0 Å². The number of benzene rings is 3. The van der Waals surface area contributed by atoms with Crippen LogP contribution < -0.4 is 0 Å². The molecule has 3 rings (SSSR count). The van der Waals surface area contributed by atoms with Gasteiger partial charge in [0, 0.05) is 0 Å². The molecule has 87 valence electrons. The van der Waals surface area contributed by atoms with Crippen molar-refractivity contribution in [2.24, 2.45) is 0 Å². The topological polar surface area (TPSA) is 20.2 Å². The summed E-state index contributed by atoms with van der Waals surface area (Å²) in [5, 5.41) is 11.7. The molecule has 0 fully saturated rings. The highest BCUT2D eigenvalue weighted by Gasteiger charge is 2.04. The maximum absolute atomic E-state index is 9.34. The Balaban J connectivity index is 2.22. The van der Waals surface area contributed by atoms with Gasteiger partial charge in [-0.2, -0.15) is 0 Å². The number of aromatic hydroxyl groups is 1. The number of hydrogen-bond donors (Lipinski definition) is 1. The van der Waals surface area contributed by atoms with Gasteiger partial charge in [-0.15, -0.1) is 0 Å². The van der Waals surface area contributed by atoms with E-state index < -0.39 is 0 Å². The molecule has 0 spiro atoms. The van der Waals surface area contributed by atoms with Gasteiger partial charge in [0.1, 0.15) is 5.75 Å². The minimum atomic E-state index is 0.293. The number of hydrogen-bond acceptors (Lipinski definition) is 1. The van der Waals surface area contributed by atoms with Crippen LogP contribution in [0.25, 0.3) is 21.9 Å². The zero-order valence-electron chi connectivity index (χ0n) is 10.1. The number of phenolic OH excluding ortho intramolecular Hbond substituents is 1. The summed E-state index contributed by atoms with van der Waals surface area (Å²) >= 11 is 0. The van der Waals surface area contributed by atoms with E-state index in [9.17, 15) is 5.11 Å². The smallest absolute Gasteiger partial charge is 0.115 e. The highest BCUT2D eigenvalue weighted by Crippen LogP contribution is 2.28. The Labute approximate surface area is 106 Å². The van der Waals surface area contributed by atoms with Gasteiger partial charge in [-0.1, -0.05) is 36.4 Å². The van der Waals surface area contributed by atoms with Gasteiger partial charge in [-0.05, 0) is 58.7 Å². The molecule has 0 aliphatic rings. The van der Waals surface area contributed by atoms with Gasteiger partial charge >= 0.3 is 0 Å². The fourth-order valence-electron chi connectivity index (χ4n) is 2.21. The Kier molecular flexibility index (Phi) is 2.52. The molecule has 0 aliphatic carbocycles. The predicted octanol–water partition coefficient (Wildman–Crippen LogP) is 4.32. The van der Waals surface area contributed by atoms with E-state index in [1.54, 1.807) is 12.1 Å². The van der Waals surface area contributed by atoms with Crippen molar-refractivity contribution >= 4 is 10.8 Å². The standard InChI is InChI=1S/C17H13O/c1-12-10-14-4-2-3-5-15(14)11-17(12)13-6-8-16(18)9-7-13/h2-9,11,18H,1H3.